The number of unbranched alkanes of at least 4 members (excludes halogenated alkanes) is 1. The van der Waals surface area contributed by atoms with Gasteiger partial charge in [-0.05, 0) is 32.4 Å². The number of nitrogens with zero attached hydrogens (tertiary/aromatic N) is 1. The Morgan fingerprint density at radius 1 is 1.25 bits per heavy atom. The topological polar surface area (TPSA) is 40.5 Å². The Morgan fingerprint density at radius 3 is 2.38 bits per heavy atom. The van der Waals surface area contributed by atoms with Gasteiger partial charge in [-0.25, -0.2) is 0 Å². The van der Waals surface area contributed by atoms with Crippen LogP contribution in [0.25, 0.3) is 0 Å². The largest absolute Gasteiger partial charge is 0.481 e. The van der Waals surface area contributed by atoms with E-state index in [0.717, 1.165) is 32.4 Å². The van der Waals surface area contributed by atoms with E-state index >= 15 is 0 Å². The Bertz CT molecular complexity index is 198. The SMILES string of the molecule is CCCCC(CC(=O)O)N1CCCCCC1. The molecule has 1 aliphatic rings. The maximum absolute atomic E-state index is 10.9. The number of carbonyl (C=O) groups is 1. The van der Waals surface area contributed by atoms with Gasteiger partial charge in [0.15, 0.2) is 0 Å². The summed E-state index contributed by atoms with van der Waals surface area (Å²) in [5.41, 5.74) is 0. The summed E-state index contributed by atoms with van der Waals surface area (Å²) in [6.45, 7) is 4.36. The average molecular weight is 227 g/mol. The van der Waals surface area contributed by atoms with Gasteiger partial charge >= 0.3 is 5.97 Å². The number of aliphatic carboxylic acids is 1. The van der Waals surface area contributed by atoms with Gasteiger partial charge in [0.2, 0.25) is 0 Å². The van der Waals surface area contributed by atoms with E-state index in [-0.39, 0.29) is 6.04 Å². The average Bonchev–Trinajstić information content (AvgIpc) is 2.52. The van der Waals surface area contributed by atoms with Crippen LogP contribution in [0.1, 0.15) is 58.3 Å². The van der Waals surface area contributed by atoms with E-state index in [1.165, 1.54) is 25.7 Å². The highest BCUT2D eigenvalue weighted by molar-refractivity contribution is 5.67. The molecular formula is C13H25NO2. The normalized spacial score (nSPS) is 20.3. The lowest BCUT2D eigenvalue weighted by Gasteiger charge is -2.29. The Morgan fingerprint density at radius 2 is 1.88 bits per heavy atom. The van der Waals surface area contributed by atoms with Crippen molar-refractivity contribution < 1.29 is 9.90 Å². The first kappa shape index (κ1) is 13.5. The van der Waals surface area contributed by atoms with Crippen molar-refractivity contribution in [2.45, 2.75) is 64.3 Å². The fourth-order valence-electron chi connectivity index (χ4n) is 2.52. The van der Waals surface area contributed by atoms with Gasteiger partial charge in [0, 0.05) is 6.04 Å². The first-order chi connectivity index (χ1) is 7.74. The van der Waals surface area contributed by atoms with Crippen LogP contribution in [0.5, 0.6) is 0 Å². The lowest BCUT2D eigenvalue weighted by molar-refractivity contribution is -0.138. The minimum Gasteiger partial charge on any atom is -0.481 e. The van der Waals surface area contributed by atoms with Crippen LogP contribution in [-0.4, -0.2) is 35.1 Å². The maximum Gasteiger partial charge on any atom is 0.304 e. The van der Waals surface area contributed by atoms with Gasteiger partial charge in [0.05, 0.1) is 6.42 Å². The Labute approximate surface area is 98.8 Å². The summed E-state index contributed by atoms with van der Waals surface area (Å²) >= 11 is 0. The number of carboxylic acids is 1. The van der Waals surface area contributed by atoms with Gasteiger partial charge in [-0.2, -0.15) is 0 Å². The molecule has 0 aromatic rings. The second-order valence-corrected chi connectivity index (χ2v) is 4.84. The monoisotopic (exact) mass is 227 g/mol. The van der Waals surface area contributed by atoms with E-state index < -0.39 is 5.97 Å². The van der Waals surface area contributed by atoms with Gasteiger partial charge in [-0.3, -0.25) is 9.69 Å². The quantitative estimate of drug-likeness (QED) is 0.758. The molecule has 3 nitrogen and oxygen atoms in total. The molecule has 1 atom stereocenters. The van der Waals surface area contributed by atoms with Crippen LogP contribution < -0.4 is 0 Å². The van der Waals surface area contributed by atoms with Crippen molar-refractivity contribution in [3.05, 3.63) is 0 Å². The van der Waals surface area contributed by atoms with Crippen molar-refractivity contribution in [2.24, 2.45) is 0 Å². The molecule has 1 fully saturated rings. The standard InChI is InChI=1S/C13H25NO2/c1-2-3-8-12(11-13(15)16)14-9-6-4-5-7-10-14/h12H,2-11H2,1H3,(H,15,16). The summed E-state index contributed by atoms with van der Waals surface area (Å²) in [6.07, 6.45) is 8.76. The van der Waals surface area contributed by atoms with E-state index in [1.54, 1.807) is 0 Å². The number of rotatable bonds is 6. The van der Waals surface area contributed by atoms with Gasteiger partial charge < -0.3 is 5.11 Å². The second-order valence-electron chi connectivity index (χ2n) is 4.84. The van der Waals surface area contributed by atoms with E-state index in [0.29, 0.717) is 6.42 Å². The van der Waals surface area contributed by atoms with Gasteiger partial charge in [0.1, 0.15) is 0 Å². The third-order valence-electron chi connectivity index (χ3n) is 3.46. The van der Waals surface area contributed by atoms with E-state index in [2.05, 4.69) is 11.8 Å². The first-order valence-corrected chi connectivity index (χ1v) is 6.70. The fraction of sp³-hybridized carbons (Fsp3) is 0.923. The summed E-state index contributed by atoms with van der Waals surface area (Å²) in [6, 6.07) is 0.274. The molecule has 0 radical (unpaired) electrons. The number of carboxylic acid groups (broad SMARTS) is 1. The molecule has 0 saturated carbocycles. The van der Waals surface area contributed by atoms with Crippen LogP contribution in [0.4, 0.5) is 0 Å². The van der Waals surface area contributed by atoms with Crippen molar-refractivity contribution in [1.29, 1.82) is 0 Å². The summed E-state index contributed by atoms with van der Waals surface area (Å²) in [5, 5.41) is 8.96. The highest BCUT2D eigenvalue weighted by Crippen LogP contribution is 2.18. The number of hydrogen-bond acceptors (Lipinski definition) is 2. The summed E-state index contributed by atoms with van der Waals surface area (Å²) in [5.74, 6) is -0.648. The van der Waals surface area contributed by atoms with Crippen LogP contribution >= 0.6 is 0 Å². The first-order valence-electron chi connectivity index (χ1n) is 6.70. The lowest BCUT2D eigenvalue weighted by Crippen LogP contribution is -2.37. The summed E-state index contributed by atoms with van der Waals surface area (Å²) in [7, 11) is 0. The zero-order valence-corrected chi connectivity index (χ0v) is 10.5. The zero-order valence-electron chi connectivity index (χ0n) is 10.5. The van der Waals surface area contributed by atoms with Crippen LogP contribution in [0.2, 0.25) is 0 Å². The predicted molar refractivity (Wildman–Crippen MR) is 65.6 cm³/mol. The van der Waals surface area contributed by atoms with E-state index in [9.17, 15) is 4.79 Å². The molecule has 0 aromatic carbocycles. The molecule has 1 N–H and O–H groups in total. The molecule has 1 aliphatic heterocycles. The minimum absolute atomic E-state index is 0.274. The molecule has 1 unspecified atom stereocenters. The Kier molecular flexibility index (Phi) is 6.46. The summed E-state index contributed by atoms with van der Waals surface area (Å²) < 4.78 is 0. The molecule has 0 amide bonds. The Balaban J connectivity index is 2.46. The minimum atomic E-state index is -0.648. The van der Waals surface area contributed by atoms with Crippen LogP contribution in [0, 0.1) is 0 Å². The summed E-state index contributed by atoms with van der Waals surface area (Å²) in [4.78, 5) is 13.3. The van der Waals surface area contributed by atoms with E-state index in [1.807, 2.05) is 0 Å². The number of hydrogen-bond donors (Lipinski definition) is 1. The molecule has 16 heavy (non-hydrogen) atoms. The van der Waals surface area contributed by atoms with Crippen LogP contribution in [0.3, 0.4) is 0 Å². The van der Waals surface area contributed by atoms with E-state index in [4.69, 9.17) is 5.11 Å². The highest BCUT2D eigenvalue weighted by Gasteiger charge is 2.21. The molecule has 94 valence electrons. The van der Waals surface area contributed by atoms with Crippen molar-refractivity contribution in [2.75, 3.05) is 13.1 Å². The molecule has 0 spiro atoms. The van der Waals surface area contributed by atoms with Crippen molar-refractivity contribution in [1.82, 2.24) is 4.90 Å². The third kappa shape index (κ3) is 4.97. The van der Waals surface area contributed by atoms with Gasteiger partial charge in [-0.15, -0.1) is 0 Å². The zero-order chi connectivity index (χ0) is 11.8. The smallest absolute Gasteiger partial charge is 0.304 e. The van der Waals surface area contributed by atoms with Crippen LogP contribution in [0.15, 0.2) is 0 Å². The molecule has 0 aliphatic carbocycles. The third-order valence-corrected chi connectivity index (χ3v) is 3.46. The molecule has 0 bridgehead atoms. The number of likely N-dealkylation sites (tertiary alicyclic amines) is 1. The van der Waals surface area contributed by atoms with Crippen molar-refractivity contribution in [3.63, 3.8) is 0 Å². The molecule has 3 heteroatoms. The Hall–Kier alpha value is -0.570. The lowest BCUT2D eigenvalue weighted by atomic mass is 10.0. The predicted octanol–water partition coefficient (Wildman–Crippen LogP) is 2.90. The highest BCUT2D eigenvalue weighted by atomic mass is 16.4. The van der Waals surface area contributed by atoms with Gasteiger partial charge in [0.25, 0.3) is 0 Å². The van der Waals surface area contributed by atoms with Crippen LogP contribution in [-0.2, 0) is 4.79 Å². The molecule has 1 rings (SSSR count). The molecular weight excluding hydrogens is 202 g/mol. The maximum atomic E-state index is 10.9. The fourth-order valence-corrected chi connectivity index (χ4v) is 2.52. The second kappa shape index (κ2) is 7.66. The molecule has 1 heterocycles. The molecule has 0 aromatic heterocycles. The molecule has 1 saturated heterocycles. The van der Waals surface area contributed by atoms with Gasteiger partial charge in [-0.1, -0.05) is 32.6 Å². The van der Waals surface area contributed by atoms with Crippen molar-refractivity contribution >= 4 is 5.97 Å². The van der Waals surface area contributed by atoms with Crippen molar-refractivity contribution in [3.8, 4) is 0 Å².